The van der Waals surface area contributed by atoms with Gasteiger partial charge in [-0.15, -0.1) is 0 Å². The maximum absolute atomic E-state index is 13.5. The molecule has 1 atom stereocenters. The normalized spacial score (nSPS) is 24.2. The summed E-state index contributed by atoms with van der Waals surface area (Å²) in [5.74, 6) is 0.0625. The molecule has 1 unspecified atom stereocenters. The second kappa shape index (κ2) is 5.17. The van der Waals surface area contributed by atoms with Crippen LogP contribution < -0.4 is 10.1 Å². The van der Waals surface area contributed by atoms with Gasteiger partial charge < -0.3 is 9.64 Å². The van der Waals surface area contributed by atoms with Crippen LogP contribution in [0, 0.1) is 5.82 Å². The van der Waals surface area contributed by atoms with E-state index in [0.29, 0.717) is 24.4 Å². The van der Waals surface area contributed by atoms with Crippen molar-refractivity contribution in [2.75, 3.05) is 27.2 Å². The standard InChI is InChI=1S/C14H19FN2O2/c1-14(13(18)17(2)8-4-7-16-14)11-9-10(15)5-6-12(11)19-3/h5-6,9,16H,4,7-8H2,1-3H3. The van der Waals surface area contributed by atoms with E-state index in [2.05, 4.69) is 5.32 Å². The van der Waals surface area contributed by atoms with Crippen molar-refractivity contribution in [2.45, 2.75) is 18.9 Å². The Labute approximate surface area is 112 Å². The fourth-order valence-corrected chi connectivity index (χ4v) is 2.49. The lowest BCUT2D eigenvalue weighted by Gasteiger charge is -2.32. The molecular formula is C14H19FN2O2. The van der Waals surface area contributed by atoms with Crippen molar-refractivity contribution in [3.8, 4) is 5.75 Å². The largest absolute Gasteiger partial charge is 0.496 e. The average molecular weight is 266 g/mol. The van der Waals surface area contributed by atoms with Crippen LogP contribution in [0.4, 0.5) is 4.39 Å². The third-order valence-corrected chi connectivity index (χ3v) is 3.62. The van der Waals surface area contributed by atoms with Gasteiger partial charge in [0.05, 0.1) is 7.11 Å². The van der Waals surface area contributed by atoms with Crippen LogP contribution in [0.1, 0.15) is 18.9 Å². The van der Waals surface area contributed by atoms with Crippen LogP contribution in [0.2, 0.25) is 0 Å². The smallest absolute Gasteiger partial charge is 0.247 e. The van der Waals surface area contributed by atoms with Crippen LogP contribution in [0.15, 0.2) is 18.2 Å². The van der Waals surface area contributed by atoms with Gasteiger partial charge in [0.15, 0.2) is 0 Å². The number of amides is 1. The molecule has 0 saturated carbocycles. The molecule has 4 nitrogen and oxygen atoms in total. The molecule has 1 aliphatic rings. The van der Waals surface area contributed by atoms with Gasteiger partial charge in [-0.3, -0.25) is 10.1 Å². The number of methoxy groups -OCH3 is 1. The molecule has 1 aromatic rings. The Bertz CT molecular complexity index is 492. The molecule has 1 N–H and O–H groups in total. The molecule has 0 aromatic heterocycles. The number of likely N-dealkylation sites (N-methyl/N-ethyl adjacent to an activating group) is 1. The van der Waals surface area contributed by atoms with Crippen molar-refractivity contribution < 1.29 is 13.9 Å². The Balaban J connectivity index is 2.53. The molecule has 104 valence electrons. The van der Waals surface area contributed by atoms with E-state index in [4.69, 9.17) is 4.74 Å². The maximum atomic E-state index is 13.5. The van der Waals surface area contributed by atoms with Crippen LogP contribution in [0.5, 0.6) is 5.75 Å². The second-order valence-electron chi connectivity index (χ2n) is 4.98. The third-order valence-electron chi connectivity index (χ3n) is 3.62. The lowest BCUT2D eigenvalue weighted by molar-refractivity contribution is -0.135. The summed E-state index contributed by atoms with van der Waals surface area (Å²) >= 11 is 0. The summed E-state index contributed by atoms with van der Waals surface area (Å²) in [6, 6.07) is 4.25. The fourth-order valence-electron chi connectivity index (χ4n) is 2.49. The highest BCUT2D eigenvalue weighted by Crippen LogP contribution is 2.33. The predicted octanol–water partition coefficient (Wildman–Crippen LogP) is 1.50. The van der Waals surface area contributed by atoms with E-state index in [-0.39, 0.29) is 11.7 Å². The summed E-state index contributed by atoms with van der Waals surface area (Å²) in [7, 11) is 3.28. The topological polar surface area (TPSA) is 41.6 Å². The number of carbonyl (C=O) groups excluding carboxylic acids is 1. The van der Waals surface area contributed by atoms with Gasteiger partial charge >= 0.3 is 0 Å². The Morgan fingerprint density at radius 2 is 2.21 bits per heavy atom. The number of hydrogen-bond acceptors (Lipinski definition) is 3. The van der Waals surface area contributed by atoms with E-state index in [1.54, 1.807) is 24.9 Å². The fraction of sp³-hybridized carbons (Fsp3) is 0.500. The molecule has 1 saturated heterocycles. The molecule has 5 heteroatoms. The molecule has 1 aromatic carbocycles. The van der Waals surface area contributed by atoms with Gasteiger partial charge in [0.25, 0.3) is 0 Å². The minimum Gasteiger partial charge on any atom is -0.496 e. The Morgan fingerprint density at radius 3 is 2.89 bits per heavy atom. The number of ether oxygens (including phenoxy) is 1. The molecule has 0 radical (unpaired) electrons. The van der Waals surface area contributed by atoms with E-state index < -0.39 is 5.54 Å². The van der Waals surface area contributed by atoms with E-state index in [0.717, 1.165) is 6.42 Å². The highest BCUT2D eigenvalue weighted by molar-refractivity contribution is 5.88. The monoisotopic (exact) mass is 266 g/mol. The molecule has 2 rings (SSSR count). The number of carbonyl (C=O) groups is 1. The summed E-state index contributed by atoms with van der Waals surface area (Å²) < 4.78 is 18.8. The first-order chi connectivity index (χ1) is 8.99. The Hall–Kier alpha value is -1.62. The summed E-state index contributed by atoms with van der Waals surface area (Å²) in [6.45, 7) is 3.17. The lowest BCUT2D eigenvalue weighted by atomic mass is 9.89. The average Bonchev–Trinajstić information content (AvgIpc) is 2.53. The number of hydrogen-bond donors (Lipinski definition) is 1. The third kappa shape index (κ3) is 2.42. The first-order valence-electron chi connectivity index (χ1n) is 6.33. The van der Waals surface area contributed by atoms with Crippen molar-refractivity contribution in [1.29, 1.82) is 0 Å². The molecular weight excluding hydrogens is 247 g/mol. The van der Waals surface area contributed by atoms with Crippen molar-refractivity contribution in [2.24, 2.45) is 0 Å². The van der Waals surface area contributed by atoms with Crippen LogP contribution in [0.3, 0.4) is 0 Å². The van der Waals surface area contributed by atoms with Gasteiger partial charge in [0.1, 0.15) is 17.1 Å². The number of benzene rings is 1. The number of rotatable bonds is 2. The molecule has 1 heterocycles. The SMILES string of the molecule is COc1ccc(F)cc1C1(C)NCCCN(C)C1=O. The van der Waals surface area contributed by atoms with Gasteiger partial charge in [-0.1, -0.05) is 0 Å². The van der Waals surface area contributed by atoms with Crippen LogP contribution >= 0.6 is 0 Å². The highest BCUT2D eigenvalue weighted by Gasteiger charge is 2.40. The first-order valence-corrected chi connectivity index (χ1v) is 6.33. The van der Waals surface area contributed by atoms with Crippen LogP contribution in [-0.2, 0) is 10.3 Å². The van der Waals surface area contributed by atoms with E-state index in [9.17, 15) is 9.18 Å². The minimum absolute atomic E-state index is 0.0751. The molecule has 1 fully saturated rings. The predicted molar refractivity (Wildman–Crippen MR) is 70.6 cm³/mol. The Morgan fingerprint density at radius 1 is 1.47 bits per heavy atom. The zero-order valence-electron chi connectivity index (χ0n) is 11.5. The second-order valence-corrected chi connectivity index (χ2v) is 4.98. The van der Waals surface area contributed by atoms with Gasteiger partial charge in [-0.05, 0) is 38.1 Å². The van der Waals surface area contributed by atoms with Gasteiger partial charge in [0.2, 0.25) is 5.91 Å². The lowest BCUT2D eigenvalue weighted by Crippen LogP contribution is -2.50. The maximum Gasteiger partial charge on any atom is 0.247 e. The summed E-state index contributed by atoms with van der Waals surface area (Å²) in [6.07, 6.45) is 0.870. The number of nitrogens with zero attached hydrogens (tertiary/aromatic N) is 1. The molecule has 0 aliphatic carbocycles. The summed E-state index contributed by atoms with van der Waals surface area (Å²) in [5.41, 5.74) is -0.424. The van der Waals surface area contributed by atoms with E-state index in [1.807, 2.05) is 0 Å². The van der Waals surface area contributed by atoms with Crippen molar-refractivity contribution in [3.63, 3.8) is 0 Å². The van der Waals surface area contributed by atoms with E-state index in [1.165, 1.54) is 19.2 Å². The van der Waals surface area contributed by atoms with Crippen molar-refractivity contribution in [3.05, 3.63) is 29.6 Å². The van der Waals surface area contributed by atoms with Crippen LogP contribution in [0.25, 0.3) is 0 Å². The molecule has 0 bridgehead atoms. The van der Waals surface area contributed by atoms with Gasteiger partial charge in [-0.25, -0.2) is 4.39 Å². The summed E-state index contributed by atoms with van der Waals surface area (Å²) in [4.78, 5) is 14.2. The molecule has 0 spiro atoms. The zero-order chi connectivity index (χ0) is 14.0. The summed E-state index contributed by atoms with van der Waals surface area (Å²) in [5, 5.41) is 3.22. The zero-order valence-corrected chi connectivity index (χ0v) is 11.5. The van der Waals surface area contributed by atoms with Crippen molar-refractivity contribution in [1.82, 2.24) is 10.2 Å². The highest BCUT2D eigenvalue weighted by atomic mass is 19.1. The van der Waals surface area contributed by atoms with E-state index >= 15 is 0 Å². The molecule has 19 heavy (non-hydrogen) atoms. The molecule has 1 aliphatic heterocycles. The number of halogens is 1. The quantitative estimate of drug-likeness (QED) is 0.882. The first kappa shape index (κ1) is 13.8. The Kier molecular flexibility index (Phi) is 3.75. The minimum atomic E-state index is -0.960. The number of nitrogens with one attached hydrogen (secondary N) is 1. The van der Waals surface area contributed by atoms with Crippen LogP contribution in [-0.4, -0.2) is 38.1 Å². The van der Waals surface area contributed by atoms with Crippen molar-refractivity contribution >= 4 is 5.91 Å². The van der Waals surface area contributed by atoms with Gasteiger partial charge in [0, 0.05) is 19.2 Å². The molecule has 1 amide bonds. The van der Waals surface area contributed by atoms with Gasteiger partial charge in [-0.2, -0.15) is 0 Å².